The van der Waals surface area contributed by atoms with E-state index in [0.717, 1.165) is 0 Å². The summed E-state index contributed by atoms with van der Waals surface area (Å²) in [5, 5.41) is -5.77. The van der Waals surface area contributed by atoms with Crippen molar-refractivity contribution in [1.29, 1.82) is 0 Å². The minimum atomic E-state index is -4.48. The van der Waals surface area contributed by atoms with Gasteiger partial charge < -0.3 is 0 Å². The minimum absolute atomic E-state index is 0.887. The van der Waals surface area contributed by atoms with E-state index < -0.39 is 29.8 Å². The van der Waals surface area contributed by atoms with Gasteiger partial charge in [0.1, 0.15) is 5.38 Å². The van der Waals surface area contributed by atoms with E-state index >= 15 is 0 Å². The molecule has 1 atom stereocenters. The van der Waals surface area contributed by atoms with Crippen molar-refractivity contribution in [2.24, 2.45) is 0 Å². The number of halogens is 7. The van der Waals surface area contributed by atoms with Crippen LogP contribution >= 0.6 is 23.2 Å². The average molecular weight is 231 g/mol. The smallest absolute Gasteiger partial charge is 0.187 e. The van der Waals surface area contributed by atoms with Gasteiger partial charge in [-0.05, 0) is 18.0 Å². The summed E-state index contributed by atoms with van der Waals surface area (Å²) in [6.07, 6.45) is -6.72. The van der Waals surface area contributed by atoms with Gasteiger partial charge in [-0.3, -0.25) is 0 Å². The van der Waals surface area contributed by atoms with E-state index in [9.17, 15) is 22.0 Å². The van der Waals surface area contributed by atoms with Crippen molar-refractivity contribution in [3.05, 3.63) is 0 Å². The molecule has 0 fully saturated rings. The summed E-state index contributed by atoms with van der Waals surface area (Å²) in [4.78, 5) is 0. The Hall–Kier alpha value is 0.230. The highest BCUT2D eigenvalue weighted by Crippen LogP contribution is 2.33. The Bertz CT molecular complexity index is 138. The Kier molecular flexibility index (Phi) is 4.03. The second-order valence-corrected chi connectivity index (χ2v) is 3.19. The maximum absolute atomic E-state index is 12.0. The summed E-state index contributed by atoms with van der Waals surface area (Å²) in [6.45, 7) is 0. The fraction of sp³-hybridized carbons (Fsp3) is 1.00. The summed E-state index contributed by atoms with van der Waals surface area (Å²) >= 11 is 9.26. The minimum Gasteiger partial charge on any atom is -0.187 e. The summed E-state index contributed by atoms with van der Waals surface area (Å²) < 4.78 is 58.3. The molecule has 0 aliphatic rings. The van der Waals surface area contributed by atoms with Gasteiger partial charge in [0.05, 0.1) is 0 Å². The Morgan fingerprint density at radius 2 is 1.50 bits per heavy atom. The van der Waals surface area contributed by atoms with Crippen molar-refractivity contribution in [3.63, 3.8) is 0 Å². The monoisotopic (exact) mass is 230 g/mol. The summed E-state index contributed by atoms with van der Waals surface area (Å²) in [7, 11) is 0. The van der Waals surface area contributed by atoms with Crippen LogP contribution in [-0.2, 0) is 0 Å². The standard InChI is InChI=1S/C5H5Cl2F5/c6-3(5(7,11)12)1-2-4(8,9)10/h3H,1-2H2. The predicted octanol–water partition coefficient (Wildman–Crippen LogP) is 3.77. The van der Waals surface area contributed by atoms with E-state index in [2.05, 4.69) is 11.6 Å². The number of hydrogen-bond acceptors (Lipinski definition) is 0. The van der Waals surface area contributed by atoms with E-state index in [1.54, 1.807) is 0 Å². The molecule has 0 aromatic rings. The lowest BCUT2D eigenvalue weighted by molar-refractivity contribution is -0.137. The van der Waals surface area contributed by atoms with Crippen molar-refractivity contribution >= 4 is 23.2 Å². The fourth-order valence-corrected chi connectivity index (χ4v) is 0.672. The van der Waals surface area contributed by atoms with Crippen molar-refractivity contribution in [1.82, 2.24) is 0 Å². The first-order valence-electron chi connectivity index (χ1n) is 2.90. The number of rotatable bonds is 3. The highest BCUT2D eigenvalue weighted by molar-refractivity contribution is 6.30. The molecule has 0 aromatic heterocycles. The van der Waals surface area contributed by atoms with Crippen LogP contribution in [0.2, 0.25) is 0 Å². The molecule has 0 rings (SSSR count). The zero-order valence-corrected chi connectivity index (χ0v) is 7.15. The van der Waals surface area contributed by atoms with Crippen LogP contribution in [0.4, 0.5) is 22.0 Å². The van der Waals surface area contributed by atoms with Gasteiger partial charge in [-0.1, -0.05) is 0 Å². The third-order valence-electron chi connectivity index (χ3n) is 1.04. The molecule has 0 N–H and O–H groups in total. The van der Waals surface area contributed by atoms with Gasteiger partial charge in [0, 0.05) is 6.42 Å². The van der Waals surface area contributed by atoms with Crippen molar-refractivity contribution in [2.45, 2.75) is 29.8 Å². The molecule has 0 aliphatic carbocycles. The average Bonchev–Trinajstić information content (AvgIpc) is 1.78. The van der Waals surface area contributed by atoms with Crippen LogP contribution in [0.15, 0.2) is 0 Å². The van der Waals surface area contributed by atoms with Crippen LogP contribution in [0.25, 0.3) is 0 Å². The molecule has 0 nitrogen and oxygen atoms in total. The molecule has 0 heterocycles. The molecule has 0 spiro atoms. The van der Waals surface area contributed by atoms with Gasteiger partial charge in [-0.25, -0.2) is 0 Å². The zero-order chi connectivity index (χ0) is 9.99. The van der Waals surface area contributed by atoms with Crippen molar-refractivity contribution < 1.29 is 22.0 Å². The highest BCUT2D eigenvalue weighted by atomic mass is 35.5. The van der Waals surface area contributed by atoms with Crippen LogP contribution in [0.5, 0.6) is 0 Å². The molecule has 0 radical (unpaired) electrons. The lowest BCUT2D eigenvalue weighted by Crippen LogP contribution is -2.24. The van der Waals surface area contributed by atoms with Gasteiger partial charge >= 0.3 is 11.6 Å². The normalized spacial score (nSPS) is 16.2. The molecule has 74 valence electrons. The molecule has 0 bridgehead atoms. The molecule has 0 saturated carbocycles. The fourth-order valence-electron chi connectivity index (χ4n) is 0.454. The van der Waals surface area contributed by atoms with E-state index in [1.165, 1.54) is 0 Å². The van der Waals surface area contributed by atoms with Gasteiger partial charge in [-0.2, -0.15) is 22.0 Å². The Morgan fingerprint density at radius 1 is 1.08 bits per heavy atom. The van der Waals surface area contributed by atoms with Gasteiger partial charge in [0.25, 0.3) is 0 Å². The highest BCUT2D eigenvalue weighted by Gasteiger charge is 2.38. The maximum Gasteiger partial charge on any atom is 0.389 e. The molecule has 7 heteroatoms. The summed E-state index contributed by atoms with van der Waals surface area (Å²) in [5.41, 5.74) is 0. The lowest BCUT2D eigenvalue weighted by atomic mass is 10.2. The molecule has 0 aromatic carbocycles. The molecule has 12 heavy (non-hydrogen) atoms. The van der Waals surface area contributed by atoms with Crippen LogP contribution in [0.1, 0.15) is 12.8 Å². The first kappa shape index (κ1) is 12.2. The van der Waals surface area contributed by atoms with Crippen LogP contribution in [-0.4, -0.2) is 16.9 Å². The lowest BCUT2D eigenvalue weighted by Gasteiger charge is -2.15. The SMILES string of the molecule is FC(F)(F)CCC(Cl)C(F)(F)Cl. The predicted molar refractivity (Wildman–Crippen MR) is 35.7 cm³/mol. The summed E-state index contributed by atoms with van der Waals surface area (Å²) in [5.74, 6) is 0. The first-order chi connectivity index (χ1) is 5.13. The third-order valence-corrected chi connectivity index (χ3v) is 1.90. The second-order valence-electron chi connectivity index (χ2n) is 2.16. The largest absolute Gasteiger partial charge is 0.389 e. The summed E-state index contributed by atoms with van der Waals surface area (Å²) in [6, 6.07) is 0. The molecule has 0 saturated heterocycles. The van der Waals surface area contributed by atoms with Crippen molar-refractivity contribution in [2.75, 3.05) is 0 Å². The topological polar surface area (TPSA) is 0 Å². The zero-order valence-electron chi connectivity index (χ0n) is 5.64. The quantitative estimate of drug-likeness (QED) is 0.512. The van der Waals surface area contributed by atoms with Crippen molar-refractivity contribution in [3.8, 4) is 0 Å². The number of alkyl halides is 7. The van der Waals surface area contributed by atoms with Crippen LogP contribution < -0.4 is 0 Å². The molecule has 1 unspecified atom stereocenters. The Labute approximate surface area is 75.6 Å². The number of hydrogen-bond donors (Lipinski definition) is 0. The van der Waals surface area contributed by atoms with E-state index in [0.29, 0.717) is 0 Å². The third kappa shape index (κ3) is 5.83. The Balaban J connectivity index is 3.80. The Morgan fingerprint density at radius 3 is 1.75 bits per heavy atom. The molecule has 0 amide bonds. The van der Waals surface area contributed by atoms with E-state index in [-0.39, 0.29) is 0 Å². The van der Waals surface area contributed by atoms with E-state index in [4.69, 9.17) is 11.6 Å². The molecule has 0 aliphatic heterocycles. The molecular weight excluding hydrogens is 226 g/mol. The van der Waals surface area contributed by atoms with Crippen LogP contribution in [0.3, 0.4) is 0 Å². The maximum atomic E-state index is 12.0. The van der Waals surface area contributed by atoms with Gasteiger partial charge in [0.15, 0.2) is 0 Å². The van der Waals surface area contributed by atoms with Gasteiger partial charge in [-0.15, -0.1) is 11.6 Å². The second kappa shape index (κ2) is 3.96. The van der Waals surface area contributed by atoms with E-state index in [1.807, 2.05) is 0 Å². The van der Waals surface area contributed by atoms with Gasteiger partial charge in [0.2, 0.25) is 0 Å². The first-order valence-corrected chi connectivity index (χ1v) is 3.72. The molecular formula is C5H5Cl2F5. The van der Waals surface area contributed by atoms with Crippen LogP contribution in [0, 0.1) is 0 Å².